The van der Waals surface area contributed by atoms with Crippen molar-refractivity contribution >= 4 is 11.6 Å². The maximum absolute atomic E-state index is 14.3. The number of carbonyl (C=O) groups is 1. The maximum Gasteiger partial charge on any atom is 0.416 e. The highest BCUT2D eigenvalue weighted by molar-refractivity contribution is 6.10. The Morgan fingerprint density at radius 3 is 2.36 bits per heavy atom. The summed E-state index contributed by atoms with van der Waals surface area (Å²) in [6.07, 6.45) is -8.82. The molecule has 1 saturated heterocycles. The summed E-state index contributed by atoms with van der Waals surface area (Å²) in [6.45, 7) is -0.889. The van der Waals surface area contributed by atoms with E-state index in [-0.39, 0.29) is 41.9 Å². The lowest BCUT2D eigenvalue weighted by Gasteiger charge is -2.48. The number of aromatic nitrogens is 3. The third-order valence-electron chi connectivity index (χ3n) is 9.13. The lowest BCUT2D eigenvalue weighted by molar-refractivity contribution is -0.197. The van der Waals surface area contributed by atoms with Gasteiger partial charge in [-0.15, -0.1) is 10.2 Å². The van der Waals surface area contributed by atoms with Crippen LogP contribution in [0.3, 0.4) is 0 Å². The van der Waals surface area contributed by atoms with Crippen LogP contribution in [0, 0.1) is 0 Å². The minimum Gasteiger partial charge on any atom is -0.321 e. The van der Waals surface area contributed by atoms with Gasteiger partial charge in [0.05, 0.1) is 12.1 Å². The number of rotatable bonds is 6. The summed E-state index contributed by atoms with van der Waals surface area (Å²) < 4.78 is 115. The van der Waals surface area contributed by atoms with Crippen LogP contribution in [0.2, 0.25) is 0 Å². The summed E-state index contributed by atoms with van der Waals surface area (Å²) >= 11 is 0. The second-order valence-corrected chi connectivity index (χ2v) is 12.4. The molecule has 7 nitrogen and oxygen atoms in total. The zero-order valence-electron chi connectivity index (χ0n) is 24.4. The summed E-state index contributed by atoms with van der Waals surface area (Å²) in [7, 11) is 3.24. The highest BCUT2D eigenvalue weighted by Gasteiger charge is 2.58. The van der Waals surface area contributed by atoms with Crippen LogP contribution in [0.5, 0.6) is 0 Å². The van der Waals surface area contributed by atoms with Crippen LogP contribution >= 0.6 is 0 Å². The van der Waals surface area contributed by atoms with Crippen molar-refractivity contribution < 1.29 is 39.9 Å². The number of carbonyl (C=O) groups excluding carboxylic acids is 1. The predicted octanol–water partition coefficient (Wildman–Crippen LogP) is 5.58. The van der Waals surface area contributed by atoms with Gasteiger partial charge in [0.15, 0.2) is 0 Å². The number of benzene rings is 2. The van der Waals surface area contributed by atoms with E-state index in [1.165, 1.54) is 23.4 Å². The Labute approximate surface area is 253 Å². The van der Waals surface area contributed by atoms with Crippen molar-refractivity contribution in [1.29, 1.82) is 0 Å². The smallest absolute Gasteiger partial charge is 0.321 e. The van der Waals surface area contributed by atoms with Gasteiger partial charge in [0.1, 0.15) is 18.2 Å². The molecule has 1 aromatic heterocycles. The maximum atomic E-state index is 14.3. The minimum absolute atomic E-state index is 0.0128. The molecule has 2 aromatic carbocycles. The van der Waals surface area contributed by atoms with Gasteiger partial charge in [0.25, 0.3) is 5.91 Å². The van der Waals surface area contributed by atoms with Crippen molar-refractivity contribution in [2.24, 2.45) is 7.05 Å². The van der Waals surface area contributed by atoms with Crippen LogP contribution in [0.15, 0.2) is 42.7 Å². The van der Waals surface area contributed by atoms with Gasteiger partial charge < -0.3 is 14.4 Å². The molecule has 6 rings (SSSR count). The van der Waals surface area contributed by atoms with E-state index in [1.54, 1.807) is 36.9 Å². The number of amides is 1. The lowest BCUT2D eigenvalue weighted by atomic mass is 9.60. The third kappa shape index (κ3) is 5.91. The monoisotopic (exact) mass is 642 g/mol. The molecule has 1 atom stereocenters. The van der Waals surface area contributed by atoms with Crippen LogP contribution in [-0.2, 0) is 38.1 Å². The zero-order valence-corrected chi connectivity index (χ0v) is 24.4. The van der Waals surface area contributed by atoms with Crippen molar-refractivity contribution in [2.45, 2.75) is 62.1 Å². The number of hydrogen-bond donors (Lipinski definition) is 0. The molecule has 15 heteroatoms. The van der Waals surface area contributed by atoms with Gasteiger partial charge in [0.2, 0.25) is 5.92 Å². The number of nitrogens with zero attached hydrogens (tertiary/aromatic N) is 6. The molecular formula is C30H30F8N6O. The van der Waals surface area contributed by atoms with Crippen molar-refractivity contribution in [2.75, 3.05) is 31.6 Å². The van der Waals surface area contributed by atoms with E-state index in [4.69, 9.17) is 0 Å². The van der Waals surface area contributed by atoms with Crippen LogP contribution < -0.4 is 4.90 Å². The van der Waals surface area contributed by atoms with E-state index in [0.717, 1.165) is 15.9 Å². The number of likely N-dealkylation sites (N-methyl/N-ethyl adjacent to an activating group) is 1. The molecule has 2 aliphatic heterocycles. The Morgan fingerprint density at radius 2 is 1.73 bits per heavy atom. The summed E-state index contributed by atoms with van der Waals surface area (Å²) in [5, 5.41) is 7.85. The molecule has 242 valence electrons. The van der Waals surface area contributed by atoms with Gasteiger partial charge in [-0.25, -0.2) is 8.78 Å². The van der Waals surface area contributed by atoms with Gasteiger partial charge >= 0.3 is 12.4 Å². The van der Waals surface area contributed by atoms with E-state index in [0.29, 0.717) is 17.9 Å². The standard InChI is InChI=1S/C30H30F8N6O/c1-41-6-7-43(24(14-41)30(36,37)38)12-18-8-21-22(23(9-18)29(33,34)35)13-44(26(21)45)20-5-3-4-19(10-20)27(15-28(31,32)16-27)11-25-40-39-17-42(25)2/h3-5,8-10,17,24H,6-7,11-16H2,1-2H3. The molecule has 1 amide bonds. The number of halogens is 8. The van der Waals surface area contributed by atoms with Crippen LogP contribution in [0.1, 0.15) is 51.3 Å². The molecule has 1 unspecified atom stereocenters. The van der Waals surface area contributed by atoms with Crippen molar-refractivity contribution in [3.8, 4) is 0 Å². The average molecular weight is 643 g/mol. The fraction of sp³-hybridized carbons (Fsp3) is 0.500. The highest BCUT2D eigenvalue weighted by atomic mass is 19.4. The molecular weight excluding hydrogens is 612 g/mol. The van der Waals surface area contributed by atoms with Gasteiger partial charge in [-0.1, -0.05) is 12.1 Å². The molecule has 1 aliphatic carbocycles. The normalized spacial score (nSPS) is 22.0. The quantitative estimate of drug-likeness (QED) is 0.329. The van der Waals surface area contributed by atoms with Gasteiger partial charge in [-0.2, -0.15) is 26.3 Å². The Bertz CT molecular complexity index is 1610. The Hall–Kier alpha value is -3.59. The van der Waals surface area contributed by atoms with Crippen molar-refractivity contribution in [3.05, 3.63) is 76.4 Å². The number of piperazine rings is 1. The van der Waals surface area contributed by atoms with E-state index < -0.39 is 67.1 Å². The van der Waals surface area contributed by atoms with Crippen LogP contribution in [0.4, 0.5) is 40.8 Å². The predicted molar refractivity (Wildman–Crippen MR) is 147 cm³/mol. The minimum atomic E-state index is -4.87. The van der Waals surface area contributed by atoms with Crippen LogP contribution in [0.25, 0.3) is 0 Å². The number of aryl methyl sites for hydroxylation is 1. The van der Waals surface area contributed by atoms with Crippen molar-refractivity contribution in [3.63, 3.8) is 0 Å². The fourth-order valence-corrected chi connectivity index (χ4v) is 6.86. The Morgan fingerprint density at radius 1 is 1.00 bits per heavy atom. The summed E-state index contributed by atoms with van der Waals surface area (Å²) in [6, 6.07) is 6.47. The topological polar surface area (TPSA) is 57.5 Å². The summed E-state index contributed by atoms with van der Waals surface area (Å²) in [5.41, 5.74) is -1.98. The first-order valence-electron chi connectivity index (χ1n) is 14.3. The van der Waals surface area contributed by atoms with E-state index in [2.05, 4.69) is 10.2 Å². The van der Waals surface area contributed by atoms with Gasteiger partial charge in [-0.3, -0.25) is 9.69 Å². The first-order valence-corrected chi connectivity index (χ1v) is 14.3. The molecule has 2 fully saturated rings. The number of alkyl halides is 8. The zero-order chi connectivity index (χ0) is 32.5. The molecule has 0 N–H and O–H groups in total. The Kier molecular flexibility index (Phi) is 7.50. The largest absolute Gasteiger partial charge is 0.416 e. The van der Waals surface area contributed by atoms with Gasteiger partial charge in [0, 0.05) is 69.2 Å². The van der Waals surface area contributed by atoms with E-state index in [9.17, 15) is 39.9 Å². The molecule has 0 radical (unpaired) electrons. The molecule has 0 spiro atoms. The number of anilines is 1. The highest BCUT2D eigenvalue weighted by Crippen LogP contribution is 2.55. The average Bonchev–Trinajstić information content (AvgIpc) is 3.49. The molecule has 45 heavy (non-hydrogen) atoms. The van der Waals surface area contributed by atoms with E-state index in [1.807, 2.05) is 0 Å². The molecule has 3 heterocycles. The van der Waals surface area contributed by atoms with E-state index >= 15 is 0 Å². The third-order valence-corrected chi connectivity index (χ3v) is 9.13. The summed E-state index contributed by atoms with van der Waals surface area (Å²) in [4.78, 5) is 17.4. The first-order chi connectivity index (χ1) is 21.0. The lowest BCUT2D eigenvalue weighted by Crippen LogP contribution is -2.57. The molecule has 1 saturated carbocycles. The first kappa shape index (κ1) is 31.4. The molecule has 3 aliphatic rings. The Balaban J connectivity index is 1.32. The second kappa shape index (κ2) is 10.7. The molecule has 3 aromatic rings. The van der Waals surface area contributed by atoms with Crippen LogP contribution in [-0.4, -0.2) is 75.3 Å². The SMILES string of the molecule is CN1CCN(Cc2cc3c(c(C(F)(F)F)c2)CN(c2cccc(C4(Cc5nncn5C)CC(F)(F)C4)c2)C3=O)C(C(F)(F)F)C1. The van der Waals surface area contributed by atoms with Gasteiger partial charge in [-0.05, 0) is 48.0 Å². The molecule has 0 bridgehead atoms. The number of hydrogen-bond acceptors (Lipinski definition) is 5. The summed E-state index contributed by atoms with van der Waals surface area (Å²) in [5.74, 6) is -3.18. The fourth-order valence-electron chi connectivity index (χ4n) is 6.86. The second-order valence-electron chi connectivity index (χ2n) is 12.4. The number of fused-ring (bicyclic) bond motifs is 1. The van der Waals surface area contributed by atoms with Crippen molar-refractivity contribution in [1.82, 2.24) is 24.6 Å².